The van der Waals surface area contributed by atoms with Gasteiger partial charge in [0.05, 0.1) is 4.90 Å². The number of hydrogen-bond donors (Lipinski definition) is 1. The van der Waals surface area contributed by atoms with Crippen molar-refractivity contribution >= 4 is 9.84 Å². The molecule has 1 atom stereocenters. The van der Waals surface area contributed by atoms with Crippen molar-refractivity contribution in [2.75, 3.05) is 19.4 Å². The monoisotopic (exact) mass is 283 g/mol. The lowest BCUT2D eigenvalue weighted by Crippen LogP contribution is -2.31. The SMILES string of the molecule is CC(NCCOc1ccc(S(C)(=O)=O)cc1)C1CC1. The molecular weight excluding hydrogens is 262 g/mol. The highest BCUT2D eigenvalue weighted by atomic mass is 32.2. The number of benzene rings is 1. The van der Waals surface area contributed by atoms with Crippen LogP contribution in [0.1, 0.15) is 19.8 Å². The van der Waals surface area contributed by atoms with E-state index < -0.39 is 9.84 Å². The molecular formula is C14H21NO3S. The van der Waals surface area contributed by atoms with E-state index in [1.165, 1.54) is 19.1 Å². The number of sulfone groups is 1. The van der Waals surface area contributed by atoms with E-state index in [9.17, 15) is 8.42 Å². The van der Waals surface area contributed by atoms with Crippen molar-refractivity contribution < 1.29 is 13.2 Å². The van der Waals surface area contributed by atoms with Gasteiger partial charge in [-0.1, -0.05) is 0 Å². The Morgan fingerprint density at radius 1 is 1.32 bits per heavy atom. The van der Waals surface area contributed by atoms with Crippen LogP contribution in [0.5, 0.6) is 5.75 Å². The Bertz CT molecular complexity index is 506. The highest BCUT2D eigenvalue weighted by Crippen LogP contribution is 2.32. The molecule has 1 N–H and O–H groups in total. The Hall–Kier alpha value is -1.07. The standard InChI is InChI=1S/C14H21NO3S/c1-11(12-3-4-12)15-9-10-18-13-5-7-14(8-6-13)19(2,16)17/h5-8,11-12,15H,3-4,9-10H2,1-2H3. The molecule has 1 aromatic carbocycles. The van der Waals surface area contributed by atoms with Crippen molar-refractivity contribution in [3.8, 4) is 5.75 Å². The van der Waals surface area contributed by atoms with Gasteiger partial charge in [0.25, 0.3) is 0 Å². The average molecular weight is 283 g/mol. The molecule has 0 heterocycles. The van der Waals surface area contributed by atoms with Gasteiger partial charge in [0.2, 0.25) is 0 Å². The fraction of sp³-hybridized carbons (Fsp3) is 0.571. The number of ether oxygens (including phenoxy) is 1. The molecule has 5 heteroatoms. The maximum atomic E-state index is 11.3. The minimum atomic E-state index is -3.13. The lowest BCUT2D eigenvalue weighted by Gasteiger charge is -2.13. The fourth-order valence-electron chi connectivity index (χ4n) is 2.00. The van der Waals surface area contributed by atoms with Crippen molar-refractivity contribution in [1.29, 1.82) is 0 Å². The first-order valence-corrected chi connectivity index (χ1v) is 8.52. The lowest BCUT2D eigenvalue weighted by atomic mass is 10.2. The zero-order valence-corrected chi connectivity index (χ0v) is 12.2. The second-order valence-electron chi connectivity index (χ2n) is 5.17. The largest absolute Gasteiger partial charge is 0.492 e. The van der Waals surface area contributed by atoms with E-state index in [1.807, 2.05) is 0 Å². The minimum Gasteiger partial charge on any atom is -0.492 e. The molecule has 19 heavy (non-hydrogen) atoms. The Morgan fingerprint density at radius 2 is 1.95 bits per heavy atom. The van der Waals surface area contributed by atoms with Crippen molar-refractivity contribution in [1.82, 2.24) is 5.32 Å². The maximum absolute atomic E-state index is 11.3. The maximum Gasteiger partial charge on any atom is 0.175 e. The molecule has 1 aromatic rings. The zero-order valence-electron chi connectivity index (χ0n) is 11.4. The number of rotatable bonds is 7. The zero-order chi connectivity index (χ0) is 13.9. The van der Waals surface area contributed by atoms with E-state index in [2.05, 4.69) is 12.2 Å². The molecule has 4 nitrogen and oxygen atoms in total. The van der Waals surface area contributed by atoms with E-state index in [1.54, 1.807) is 24.3 Å². The number of nitrogens with one attached hydrogen (secondary N) is 1. The van der Waals surface area contributed by atoms with Crippen LogP contribution in [0, 0.1) is 5.92 Å². The number of hydrogen-bond acceptors (Lipinski definition) is 4. The van der Waals surface area contributed by atoms with Gasteiger partial charge < -0.3 is 10.1 Å². The second-order valence-corrected chi connectivity index (χ2v) is 7.19. The topological polar surface area (TPSA) is 55.4 Å². The Balaban J connectivity index is 1.73. The summed E-state index contributed by atoms with van der Waals surface area (Å²) in [6, 6.07) is 7.10. The summed E-state index contributed by atoms with van der Waals surface area (Å²) in [4.78, 5) is 0.320. The Kier molecular flexibility index (Phi) is 4.47. The van der Waals surface area contributed by atoms with Crippen molar-refractivity contribution in [2.45, 2.75) is 30.7 Å². The third-order valence-corrected chi connectivity index (χ3v) is 4.55. The van der Waals surface area contributed by atoms with Gasteiger partial charge in [-0.3, -0.25) is 0 Å². The van der Waals surface area contributed by atoms with Crippen LogP contribution in [0.25, 0.3) is 0 Å². The lowest BCUT2D eigenvalue weighted by molar-refractivity contribution is 0.303. The normalized spacial score (nSPS) is 17.2. The van der Waals surface area contributed by atoms with E-state index in [-0.39, 0.29) is 0 Å². The molecule has 0 amide bonds. The van der Waals surface area contributed by atoms with Crippen LogP contribution in [0.2, 0.25) is 0 Å². The Labute approximate surface area is 115 Å². The van der Waals surface area contributed by atoms with E-state index in [4.69, 9.17) is 4.74 Å². The molecule has 0 aliphatic heterocycles. The molecule has 1 aliphatic rings. The molecule has 106 valence electrons. The summed E-state index contributed by atoms with van der Waals surface area (Å²) in [6.07, 6.45) is 3.87. The first-order valence-electron chi connectivity index (χ1n) is 6.63. The van der Waals surface area contributed by atoms with Crippen LogP contribution < -0.4 is 10.1 Å². The Morgan fingerprint density at radius 3 is 2.47 bits per heavy atom. The molecule has 1 unspecified atom stereocenters. The van der Waals surface area contributed by atoms with E-state index >= 15 is 0 Å². The van der Waals surface area contributed by atoms with Crippen molar-refractivity contribution in [3.63, 3.8) is 0 Å². The summed E-state index contributed by atoms with van der Waals surface area (Å²) in [6.45, 7) is 3.61. The molecule has 0 spiro atoms. The van der Waals surface area contributed by atoms with Crippen LogP contribution in [-0.2, 0) is 9.84 Å². The third-order valence-electron chi connectivity index (χ3n) is 3.42. The molecule has 0 bridgehead atoms. The summed E-state index contributed by atoms with van der Waals surface area (Å²) < 4.78 is 28.2. The predicted octanol–water partition coefficient (Wildman–Crippen LogP) is 1.86. The van der Waals surface area contributed by atoms with Crippen molar-refractivity contribution in [2.24, 2.45) is 5.92 Å². The highest BCUT2D eigenvalue weighted by molar-refractivity contribution is 7.90. The first-order chi connectivity index (χ1) is 8.97. The van der Waals surface area contributed by atoms with Gasteiger partial charge in [-0.25, -0.2) is 8.42 Å². The molecule has 1 fully saturated rings. The van der Waals surface area contributed by atoms with Gasteiger partial charge >= 0.3 is 0 Å². The first kappa shape index (κ1) is 14.3. The van der Waals surface area contributed by atoms with E-state index in [0.29, 0.717) is 23.3 Å². The molecule has 1 aliphatic carbocycles. The summed E-state index contributed by atoms with van der Waals surface area (Å²) >= 11 is 0. The summed E-state index contributed by atoms with van der Waals surface area (Å²) in [7, 11) is -3.13. The van der Waals surface area contributed by atoms with Crippen LogP contribution in [0.15, 0.2) is 29.2 Å². The smallest absolute Gasteiger partial charge is 0.175 e. The fourth-order valence-corrected chi connectivity index (χ4v) is 2.63. The molecule has 1 saturated carbocycles. The van der Waals surface area contributed by atoms with Gasteiger partial charge in [0.15, 0.2) is 9.84 Å². The van der Waals surface area contributed by atoms with Crippen LogP contribution in [0.3, 0.4) is 0 Å². The van der Waals surface area contributed by atoms with Crippen molar-refractivity contribution in [3.05, 3.63) is 24.3 Å². The summed E-state index contributed by atoms with van der Waals surface area (Å²) in [5.74, 6) is 1.54. The quantitative estimate of drug-likeness (QED) is 0.776. The minimum absolute atomic E-state index is 0.320. The molecule has 0 aromatic heterocycles. The van der Waals surface area contributed by atoms with E-state index in [0.717, 1.165) is 12.5 Å². The van der Waals surface area contributed by atoms with Crippen LogP contribution in [-0.4, -0.2) is 33.9 Å². The third kappa shape index (κ3) is 4.51. The van der Waals surface area contributed by atoms with Crippen LogP contribution >= 0.6 is 0 Å². The highest BCUT2D eigenvalue weighted by Gasteiger charge is 2.27. The van der Waals surface area contributed by atoms with Crippen LogP contribution in [0.4, 0.5) is 0 Å². The van der Waals surface area contributed by atoms with Gasteiger partial charge in [-0.05, 0) is 49.9 Å². The van der Waals surface area contributed by atoms with Gasteiger partial charge in [0, 0.05) is 18.8 Å². The average Bonchev–Trinajstić information content (AvgIpc) is 3.18. The summed E-state index contributed by atoms with van der Waals surface area (Å²) in [5, 5.41) is 3.43. The molecule has 0 radical (unpaired) electrons. The molecule has 0 saturated heterocycles. The predicted molar refractivity (Wildman–Crippen MR) is 75.2 cm³/mol. The second kappa shape index (κ2) is 5.92. The molecule has 2 rings (SSSR count). The summed E-state index contributed by atoms with van der Waals surface area (Å²) in [5.41, 5.74) is 0. The van der Waals surface area contributed by atoms with Gasteiger partial charge in [0.1, 0.15) is 12.4 Å². The van der Waals surface area contributed by atoms with Gasteiger partial charge in [-0.2, -0.15) is 0 Å². The van der Waals surface area contributed by atoms with Gasteiger partial charge in [-0.15, -0.1) is 0 Å².